The molecule has 0 spiro atoms. The lowest BCUT2D eigenvalue weighted by Gasteiger charge is -2.17. The van der Waals surface area contributed by atoms with E-state index in [4.69, 9.17) is 22.5 Å². The molecule has 0 amide bonds. The lowest BCUT2D eigenvalue weighted by atomic mass is 10.1. The second-order valence-corrected chi connectivity index (χ2v) is 5.99. The van der Waals surface area contributed by atoms with Crippen LogP contribution in [0, 0.1) is 19.7 Å². The van der Waals surface area contributed by atoms with Crippen LogP contribution in [0.15, 0.2) is 21.1 Å². The van der Waals surface area contributed by atoms with Crippen LogP contribution in [0.4, 0.5) is 10.1 Å². The molecule has 112 valence electrons. The maximum atomic E-state index is 14.4. The summed E-state index contributed by atoms with van der Waals surface area (Å²) in [5, 5.41) is 7.02. The summed E-state index contributed by atoms with van der Waals surface area (Å²) in [4.78, 5) is 0.145. The van der Waals surface area contributed by atoms with E-state index in [-0.39, 0.29) is 15.5 Å². The average molecular weight is 372 g/mol. The zero-order valence-electron chi connectivity index (χ0n) is 11.8. The van der Waals surface area contributed by atoms with Gasteiger partial charge in [-0.2, -0.15) is 0 Å². The highest BCUT2D eigenvalue weighted by atomic mass is 79.9. The number of hydrogen-bond acceptors (Lipinski definition) is 4. The third kappa shape index (κ3) is 3.08. The molecule has 1 atom stereocenters. The molecule has 0 aliphatic rings. The highest BCUT2D eigenvalue weighted by molar-refractivity contribution is 9.10. The Balaban J connectivity index is 2.32. The van der Waals surface area contributed by atoms with E-state index >= 15 is 0 Å². The van der Waals surface area contributed by atoms with Crippen LogP contribution in [0.3, 0.4) is 0 Å². The molecule has 2 rings (SSSR count). The lowest BCUT2D eigenvalue weighted by Crippen LogP contribution is -2.13. The number of aromatic nitrogens is 1. The molecule has 4 nitrogen and oxygen atoms in total. The number of thiocarbonyl (C=S) groups is 1. The fourth-order valence-electron chi connectivity index (χ4n) is 2.26. The van der Waals surface area contributed by atoms with Gasteiger partial charge in [-0.15, -0.1) is 0 Å². The zero-order valence-corrected chi connectivity index (χ0v) is 14.2. The summed E-state index contributed by atoms with van der Waals surface area (Å²) in [6.07, 6.45) is 0. The lowest BCUT2D eigenvalue weighted by molar-refractivity contribution is 0.392. The highest BCUT2D eigenvalue weighted by Gasteiger charge is 2.19. The summed E-state index contributed by atoms with van der Waals surface area (Å²) in [7, 11) is 0. The minimum Gasteiger partial charge on any atom is -0.389 e. The van der Waals surface area contributed by atoms with Crippen molar-refractivity contribution >= 4 is 38.8 Å². The Morgan fingerprint density at radius 2 is 2.14 bits per heavy atom. The van der Waals surface area contributed by atoms with E-state index in [0.717, 1.165) is 11.3 Å². The van der Waals surface area contributed by atoms with Crippen LogP contribution in [-0.2, 0) is 0 Å². The molecule has 1 aromatic carbocycles. The molecule has 3 N–H and O–H groups in total. The van der Waals surface area contributed by atoms with E-state index in [2.05, 4.69) is 26.4 Å². The third-order valence-electron chi connectivity index (χ3n) is 3.24. The van der Waals surface area contributed by atoms with E-state index in [0.29, 0.717) is 17.0 Å². The van der Waals surface area contributed by atoms with Gasteiger partial charge in [-0.25, -0.2) is 4.39 Å². The Morgan fingerprint density at radius 3 is 2.67 bits per heavy atom. The molecule has 0 saturated carbocycles. The first-order valence-corrected chi connectivity index (χ1v) is 7.50. The SMILES string of the molecule is Cc1noc(C)c1C(C)Nc1ccc(C(N)=S)c(Br)c1F. The van der Waals surface area contributed by atoms with Crippen LogP contribution < -0.4 is 11.1 Å². The average Bonchev–Trinajstić information content (AvgIpc) is 2.74. The maximum absolute atomic E-state index is 14.4. The summed E-state index contributed by atoms with van der Waals surface area (Å²) in [6.45, 7) is 5.60. The summed E-state index contributed by atoms with van der Waals surface area (Å²) >= 11 is 8.07. The monoisotopic (exact) mass is 371 g/mol. The van der Waals surface area contributed by atoms with E-state index in [9.17, 15) is 4.39 Å². The van der Waals surface area contributed by atoms with Crippen molar-refractivity contribution in [1.29, 1.82) is 0 Å². The van der Waals surface area contributed by atoms with E-state index in [1.165, 1.54) is 0 Å². The molecule has 0 aliphatic heterocycles. The van der Waals surface area contributed by atoms with Gasteiger partial charge in [-0.05, 0) is 48.8 Å². The number of rotatable bonds is 4. The standard InChI is InChI=1S/C14H15BrFN3OS/c1-6(11-7(2)19-20-8(11)3)18-10-5-4-9(14(17)21)12(15)13(10)16/h4-6,18H,1-3H3,(H2,17,21). The first-order chi connectivity index (χ1) is 9.82. The zero-order chi connectivity index (χ0) is 15.7. The largest absolute Gasteiger partial charge is 0.389 e. The van der Waals surface area contributed by atoms with Crippen LogP contribution in [0.1, 0.15) is 35.5 Å². The van der Waals surface area contributed by atoms with Crippen LogP contribution in [0.25, 0.3) is 0 Å². The molecule has 1 aromatic heterocycles. The number of nitrogens with two attached hydrogens (primary N) is 1. The normalized spacial score (nSPS) is 12.2. The van der Waals surface area contributed by atoms with Crippen molar-refractivity contribution in [3.63, 3.8) is 0 Å². The molecular weight excluding hydrogens is 357 g/mol. The molecule has 1 unspecified atom stereocenters. The van der Waals surface area contributed by atoms with Crippen molar-refractivity contribution in [1.82, 2.24) is 5.16 Å². The molecule has 21 heavy (non-hydrogen) atoms. The number of anilines is 1. The van der Waals surface area contributed by atoms with Gasteiger partial charge in [-0.3, -0.25) is 0 Å². The predicted molar refractivity (Wildman–Crippen MR) is 88.0 cm³/mol. The molecule has 0 saturated heterocycles. The highest BCUT2D eigenvalue weighted by Crippen LogP contribution is 2.31. The number of aryl methyl sites for hydroxylation is 2. The molecule has 2 aromatic rings. The van der Waals surface area contributed by atoms with Gasteiger partial charge in [0.25, 0.3) is 0 Å². The van der Waals surface area contributed by atoms with E-state index in [1.807, 2.05) is 20.8 Å². The van der Waals surface area contributed by atoms with Gasteiger partial charge in [0.15, 0.2) is 5.82 Å². The minimum atomic E-state index is -0.432. The molecular formula is C14H15BrFN3OS. The van der Waals surface area contributed by atoms with Crippen molar-refractivity contribution < 1.29 is 8.91 Å². The van der Waals surface area contributed by atoms with Crippen molar-refractivity contribution in [3.05, 3.63) is 45.0 Å². The van der Waals surface area contributed by atoms with E-state index in [1.54, 1.807) is 12.1 Å². The van der Waals surface area contributed by atoms with Gasteiger partial charge in [0, 0.05) is 11.1 Å². The van der Waals surface area contributed by atoms with Crippen molar-refractivity contribution in [2.75, 3.05) is 5.32 Å². The van der Waals surface area contributed by atoms with Crippen molar-refractivity contribution in [2.45, 2.75) is 26.8 Å². The second kappa shape index (κ2) is 6.11. The number of hydrogen-bond donors (Lipinski definition) is 2. The smallest absolute Gasteiger partial charge is 0.161 e. The Hall–Kier alpha value is -1.47. The van der Waals surface area contributed by atoms with Gasteiger partial charge < -0.3 is 15.6 Å². The fraction of sp³-hybridized carbons (Fsp3) is 0.286. The van der Waals surface area contributed by atoms with Crippen molar-refractivity contribution in [3.8, 4) is 0 Å². The van der Waals surface area contributed by atoms with Crippen LogP contribution in [0.2, 0.25) is 0 Å². The van der Waals surface area contributed by atoms with Gasteiger partial charge in [0.1, 0.15) is 10.7 Å². The molecule has 1 heterocycles. The number of nitrogens with zero attached hydrogens (tertiary/aromatic N) is 1. The maximum Gasteiger partial charge on any atom is 0.161 e. The van der Waals surface area contributed by atoms with Crippen molar-refractivity contribution in [2.24, 2.45) is 5.73 Å². The quantitative estimate of drug-likeness (QED) is 0.795. The Kier molecular flexibility index (Phi) is 4.63. The summed E-state index contributed by atoms with van der Waals surface area (Å²) < 4.78 is 19.7. The Morgan fingerprint density at radius 1 is 1.48 bits per heavy atom. The Labute approximate surface area is 136 Å². The predicted octanol–water partition coefficient (Wildman–Crippen LogP) is 4.00. The van der Waals surface area contributed by atoms with Crippen LogP contribution in [-0.4, -0.2) is 10.1 Å². The van der Waals surface area contributed by atoms with Gasteiger partial charge >= 0.3 is 0 Å². The fourth-order valence-corrected chi connectivity index (χ4v) is 3.13. The summed E-state index contributed by atoms with van der Waals surface area (Å²) in [6, 6.07) is 3.15. The number of benzene rings is 1. The Bertz CT molecular complexity index is 682. The number of nitrogens with one attached hydrogen (secondary N) is 1. The van der Waals surface area contributed by atoms with Crippen LogP contribution >= 0.6 is 28.1 Å². The third-order valence-corrected chi connectivity index (χ3v) is 4.24. The van der Waals surface area contributed by atoms with Gasteiger partial charge in [-0.1, -0.05) is 17.4 Å². The summed E-state index contributed by atoms with van der Waals surface area (Å²) in [5.41, 5.74) is 8.08. The first-order valence-electron chi connectivity index (χ1n) is 6.30. The summed E-state index contributed by atoms with van der Waals surface area (Å²) in [5.74, 6) is 0.283. The molecule has 0 bridgehead atoms. The van der Waals surface area contributed by atoms with Gasteiger partial charge in [0.05, 0.1) is 21.9 Å². The first kappa shape index (κ1) is 15.9. The minimum absolute atomic E-state index is 0.145. The molecule has 0 fully saturated rings. The second-order valence-electron chi connectivity index (χ2n) is 4.76. The molecule has 0 aliphatic carbocycles. The topological polar surface area (TPSA) is 64.1 Å². The molecule has 0 radical (unpaired) electrons. The molecule has 7 heteroatoms. The van der Waals surface area contributed by atoms with E-state index < -0.39 is 5.82 Å². The number of halogens is 2. The van der Waals surface area contributed by atoms with Gasteiger partial charge in [0.2, 0.25) is 0 Å². The van der Waals surface area contributed by atoms with Crippen LogP contribution in [0.5, 0.6) is 0 Å².